The number of hydrogen-bond acceptors (Lipinski definition) is 5. The van der Waals surface area contributed by atoms with Gasteiger partial charge in [-0.05, 0) is 19.4 Å². The molecule has 2 aromatic rings. The van der Waals surface area contributed by atoms with Gasteiger partial charge in [-0.15, -0.1) is 0 Å². The summed E-state index contributed by atoms with van der Waals surface area (Å²) < 4.78 is 41.7. The molecule has 1 aromatic heterocycles. The molecule has 0 atom stereocenters. The molecule has 3 rings (SSSR count). The molecule has 24 heavy (non-hydrogen) atoms. The smallest absolute Gasteiger partial charge is 0.329 e. The fraction of sp³-hybridized carbons (Fsp3) is 0.438. The normalized spacial score (nSPS) is 18.3. The molecule has 8 heteroatoms. The second-order valence-electron chi connectivity index (χ2n) is 6.50. The monoisotopic (exact) mass is 339 g/mol. The maximum absolute atomic E-state index is 12.5. The molecule has 0 radical (unpaired) electrons. The largest absolute Gasteiger partial charge is 0.471 e. The molecule has 0 N–H and O–H groups in total. The van der Waals surface area contributed by atoms with E-state index < -0.39 is 12.1 Å². The van der Waals surface area contributed by atoms with Crippen LogP contribution < -0.4 is 0 Å². The van der Waals surface area contributed by atoms with Gasteiger partial charge in [0, 0.05) is 24.1 Å². The van der Waals surface area contributed by atoms with E-state index in [1.165, 1.54) is 0 Å². The molecule has 1 aromatic carbocycles. The number of halogens is 3. The third-order valence-corrected chi connectivity index (χ3v) is 4.11. The van der Waals surface area contributed by atoms with Gasteiger partial charge in [0.25, 0.3) is 0 Å². The molecule has 1 aliphatic heterocycles. The number of aromatic nitrogens is 2. The van der Waals surface area contributed by atoms with Crippen LogP contribution in [0, 0.1) is 0 Å². The fourth-order valence-corrected chi connectivity index (χ4v) is 2.78. The van der Waals surface area contributed by atoms with Gasteiger partial charge >= 0.3 is 12.1 Å². The SMILES string of the molecule is CC1(C)CC(=O)CN1Cc1ccc(-c2noc(C(F)(F)F)n2)cc1. The highest BCUT2D eigenvalue weighted by molar-refractivity contribution is 5.84. The summed E-state index contributed by atoms with van der Waals surface area (Å²) in [4.78, 5) is 17.1. The maximum atomic E-state index is 12.5. The first-order valence-electron chi connectivity index (χ1n) is 7.42. The number of carbonyl (C=O) groups excluding carboxylic acids is 1. The van der Waals surface area contributed by atoms with E-state index in [2.05, 4.69) is 19.6 Å². The highest BCUT2D eigenvalue weighted by Gasteiger charge is 2.39. The quantitative estimate of drug-likeness (QED) is 0.859. The molecular formula is C16H16F3N3O2. The fourth-order valence-electron chi connectivity index (χ4n) is 2.78. The molecule has 0 amide bonds. The van der Waals surface area contributed by atoms with Gasteiger partial charge < -0.3 is 4.52 Å². The average molecular weight is 339 g/mol. The first kappa shape index (κ1) is 16.6. The van der Waals surface area contributed by atoms with Gasteiger partial charge in [0.2, 0.25) is 5.82 Å². The molecule has 2 heterocycles. The van der Waals surface area contributed by atoms with Crippen LogP contribution in [0.2, 0.25) is 0 Å². The van der Waals surface area contributed by atoms with Crippen molar-refractivity contribution < 1.29 is 22.5 Å². The third kappa shape index (κ3) is 3.33. The van der Waals surface area contributed by atoms with Crippen molar-refractivity contribution in [2.45, 2.75) is 38.5 Å². The standard InChI is InChI=1S/C16H16F3N3O2/c1-15(2)7-12(23)9-22(15)8-10-3-5-11(6-4-10)13-20-14(24-21-13)16(17,18)19/h3-6H,7-9H2,1-2H3. The summed E-state index contributed by atoms with van der Waals surface area (Å²) in [7, 11) is 0. The zero-order valence-electron chi connectivity index (χ0n) is 13.2. The highest BCUT2D eigenvalue weighted by Crippen LogP contribution is 2.30. The van der Waals surface area contributed by atoms with Crippen LogP contribution in [0.15, 0.2) is 28.8 Å². The average Bonchev–Trinajstić information content (AvgIpc) is 3.04. The van der Waals surface area contributed by atoms with Crippen molar-refractivity contribution in [2.24, 2.45) is 0 Å². The van der Waals surface area contributed by atoms with Crippen LogP contribution >= 0.6 is 0 Å². The lowest BCUT2D eigenvalue weighted by atomic mass is 10.0. The summed E-state index contributed by atoms with van der Waals surface area (Å²) in [6.07, 6.45) is -4.13. The molecule has 0 aliphatic carbocycles. The van der Waals surface area contributed by atoms with Crippen molar-refractivity contribution in [3.63, 3.8) is 0 Å². The van der Waals surface area contributed by atoms with E-state index in [9.17, 15) is 18.0 Å². The first-order valence-corrected chi connectivity index (χ1v) is 7.42. The molecule has 1 saturated heterocycles. The predicted octanol–water partition coefficient (Wildman–Crippen LogP) is 3.31. The summed E-state index contributed by atoms with van der Waals surface area (Å²) in [6.45, 7) is 5.04. The minimum atomic E-state index is -4.65. The Kier molecular flexibility index (Phi) is 3.95. The number of benzene rings is 1. The second-order valence-corrected chi connectivity index (χ2v) is 6.50. The van der Waals surface area contributed by atoms with Crippen LogP contribution in [0.1, 0.15) is 31.7 Å². The Bertz CT molecular complexity index is 751. The Morgan fingerprint density at radius 1 is 1.25 bits per heavy atom. The Morgan fingerprint density at radius 3 is 2.42 bits per heavy atom. The van der Waals surface area contributed by atoms with E-state index in [0.717, 1.165) is 5.56 Å². The molecule has 1 aliphatic rings. The van der Waals surface area contributed by atoms with Crippen molar-refractivity contribution in [2.75, 3.05) is 6.54 Å². The Morgan fingerprint density at radius 2 is 1.92 bits per heavy atom. The Labute approximate surface area is 136 Å². The van der Waals surface area contributed by atoms with E-state index in [1.54, 1.807) is 24.3 Å². The van der Waals surface area contributed by atoms with Crippen LogP contribution in [0.25, 0.3) is 11.4 Å². The van der Waals surface area contributed by atoms with Crippen LogP contribution in [-0.2, 0) is 17.5 Å². The van der Waals surface area contributed by atoms with Crippen LogP contribution in [0.4, 0.5) is 13.2 Å². The number of rotatable bonds is 3. The van der Waals surface area contributed by atoms with Crippen molar-refractivity contribution in [1.82, 2.24) is 15.0 Å². The number of nitrogens with zero attached hydrogens (tertiary/aromatic N) is 3. The third-order valence-electron chi connectivity index (χ3n) is 4.11. The molecule has 0 unspecified atom stereocenters. The van der Waals surface area contributed by atoms with Crippen molar-refractivity contribution in [3.8, 4) is 11.4 Å². The molecule has 5 nitrogen and oxygen atoms in total. The van der Waals surface area contributed by atoms with Crippen molar-refractivity contribution in [1.29, 1.82) is 0 Å². The van der Waals surface area contributed by atoms with Gasteiger partial charge in [0.05, 0.1) is 6.54 Å². The molecule has 128 valence electrons. The van der Waals surface area contributed by atoms with Gasteiger partial charge in [-0.25, -0.2) is 0 Å². The Balaban J connectivity index is 1.74. The van der Waals surface area contributed by atoms with Gasteiger partial charge in [0.1, 0.15) is 5.78 Å². The number of alkyl halides is 3. The number of Topliss-reactive ketones (excluding diaryl/α,β-unsaturated/α-hetero) is 1. The van der Waals surface area contributed by atoms with E-state index in [4.69, 9.17) is 0 Å². The van der Waals surface area contributed by atoms with Crippen LogP contribution in [-0.4, -0.2) is 32.9 Å². The highest BCUT2D eigenvalue weighted by atomic mass is 19.4. The number of hydrogen-bond donors (Lipinski definition) is 0. The van der Waals surface area contributed by atoms with Gasteiger partial charge in [0.15, 0.2) is 0 Å². The molecule has 0 spiro atoms. The number of likely N-dealkylation sites (tertiary alicyclic amines) is 1. The van der Waals surface area contributed by atoms with Crippen molar-refractivity contribution in [3.05, 3.63) is 35.7 Å². The molecular weight excluding hydrogens is 323 g/mol. The first-order chi connectivity index (χ1) is 11.1. The van der Waals surface area contributed by atoms with Gasteiger partial charge in [-0.1, -0.05) is 29.4 Å². The Hall–Kier alpha value is -2.22. The van der Waals surface area contributed by atoms with Crippen LogP contribution in [0.3, 0.4) is 0 Å². The van der Waals surface area contributed by atoms with Crippen LogP contribution in [0.5, 0.6) is 0 Å². The zero-order chi connectivity index (χ0) is 17.5. The summed E-state index contributed by atoms with van der Waals surface area (Å²) in [5.74, 6) is -1.26. The van der Waals surface area contributed by atoms with E-state index in [1.807, 2.05) is 13.8 Å². The number of ketones is 1. The molecule has 0 bridgehead atoms. The van der Waals surface area contributed by atoms with Gasteiger partial charge in [-0.2, -0.15) is 18.2 Å². The second kappa shape index (κ2) is 5.70. The topological polar surface area (TPSA) is 59.2 Å². The lowest BCUT2D eigenvalue weighted by Gasteiger charge is -2.30. The summed E-state index contributed by atoms with van der Waals surface area (Å²) in [5, 5.41) is 3.36. The predicted molar refractivity (Wildman–Crippen MR) is 78.8 cm³/mol. The lowest BCUT2D eigenvalue weighted by Crippen LogP contribution is -2.37. The minimum absolute atomic E-state index is 0.106. The number of carbonyl (C=O) groups is 1. The van der Waals surface area contributed by atoms with E-state index in [-0.39, 0.29) is 17.1 Å². The minimum Gasteiger partial charge on any atom is -0.329 e. The van der Waals surface area contributed by atoms with E-state index in [0.29, 0.717) is 25.1 Å². The lowest BCUT2D eigenvalue weighted by molar-refractivity contribution is -0.159. The summed E-state index contributed by atoms with van der Waals surface area (Å²) >= 11 is 0. The molecule has 1 fully saturated rings. The summed E-state index contributed by atoms with van der Waals surface area (Å²) in [6, 6.07) is 6.87. The van der Waals surface area contributed by atoms with E-state index >= 15 is 0 Å². The maximum Gasteiger partial charge on any atom is 0.471 e. The van der Waals surface area contributed by atoms with Crippen molar-refractivity contribution >= 4 is 5.78 Å². The summed E-state index contributed by atoms with van der Waals surface area (Å²) in [5.41, 5.74) is 1.21. The molecule has 0 saturated carbocycles. The van der Waals surface area contributed by atoms with Gasteiger partial charge in [-0.3, -0.25) is 9.69 Å². The zero-order valence-corrected chi connectivity index (χ0v) is 13.2.